The average Bonchev–Trinajstić information content (AvgIpc) is 3.27. The molecule has 4 rings (SSSR count). The Morgan fingerprint density at radius 3 is 2.50 bits per heavy atom. The fraction of sp³-hybridized carbons (Fsp3) is 0.500. The number of carbonyl (C=O) groups is 1. The topological polar surface area (TPSA) is 117 Å². The van der Waals surface area contributed by atoms with Gasteiger partial charge < -0.3 is 29.8 Å². The number of aliphatic carboxylic acids is 1. The van der Waals surface area contributed by atoms with Crippen LogP contribution in [0.3, 0.4) is 0 Å². The van der Waals surface area contributed by atoms with Gasteiger partial charge in [0, 0.05) is 31.2 Å². The summed E-state index contributed by atoms with van der Waals surface area (Å²) in [6.07, 6.45) is 0.763. The van der Waals surface area contributed by atoms with Crippen LogP contribution in [0.25, 0.3) is 0 Å². The molecule has 2 aromatic rings. The molecule has 1 aliphatic heterocycles. The van der Waals surface area contributed by atoms with Crippen molar-refractivity contribution in [3.8, 4) is 11.5 Å². The molecule has 0 spiro atoms. The van der Waals surface area contributed by atoms with Crippen molar-refractivity contribution >= 4 is 11.8 Å². The summed E-state index contributed by atoms with van der Waals surface area (Å²) in [5.74, 6) is -0.430. The van der Waals surface area contributed by atoms with Gasteiger partial charge in [-0.3, -0.25) is 4.79 Å². The van der Waals surface area contributed by atoms with Crippen LogP contribution in [0, 0.1) is 0 Å². The second kappa shape index (κ2) is 10.8. The predicted molar refractivity (Wildman–Crippen MR) is 118 cm³/mol. The van der Waals surface area contributed by atoms with E-state index in [-0.39, 0.29) is 5.56 Å². The second-order valence-electron chi connectivity index (χ2n) is 8.02. The molecule has 0 bridgehead atoms. The van der Waals surface area contributed by atoms with E-state index in [0.717, 1.165) is 56.1 Å². The number of aromatic amines is 1. The molecule has 9 nitrogen and oxygen atoms in total. The summed E-state index contributed by atoms with van der Waals surface area (Å²) in [6.45, 7) is 1.76. The number of carboxylic acid groups (broad SMARTS) is 1. The normalized spacial score (nSPS) is 19.6. The lowest BCUT2D eigenvalue weighted by Crippen LogP contribution is -2.37. The van der Waals surface area contributed by atoms with E-state index in [1.54, 1.807) is 20.3 Å². The van der Waals surface area contributed by atoms with Gasteiger partial charge in [-0.25, -0.2) is 9.78 Å². The van der Waals surface area contributed by atoms with Crippen molar-refractivity contribution in [2.45, 2.75) is 43.9 Å². The number of ether oxygens (including phenoxy) is 2. The third-order valence-electron chi connectivity index (χ3n) is 5.82. The maximum absolute atomic E-state index is 11.5. The molecule has 3 N–H and O–H groups in total. The van der Waals surface area contributed by atoms with Crippen LogP contribution >= 0.6 is 0 Å². The molecule has 34 heavy (non-hydrogen) atoms. The minimum absolute atomic E-state index is 0.112. The summed E-state index contributed by atoms with van der Waals surface area (Å²) in [5, 5.41) is 11.0. The molecule has 2 atom stereocenters. The number of hydrogen-bond acceptors (Lipinski definition) is 7. The van der Waals surface area contributed by atoms with E-state index in [0.29, 0.717) is 12.1 Å². The molecule has 1 aromatic carbocycles. The summed E-state index contributed by atoms with van der Waals surface area (Å²) < 4.78 is 42.7. The van der Waals surface area contributed by atoms with Crippen LogP contribution < -0.4 is 25.2 Å². The Bertz CT molecular complexity index is 1060. The van der Waals surface area contributed by atoms with Gasteiger partial charge >= 0.3 is 12.1 Å². The average molecular weight is 484 g/mol. The number of benzene rings is 1. The molecule has 1 saturated heterocycles. The predicted octanol–water partition coefficient (Wildman–Crippen LogP) is 2.67. The van der Waals surface area contributed by atoms with E-state index >= 15 is 0 Å². The van der Waals surface area contributed by atoms with Crippen LogP contribution in [0.1, 0.15) is 36.4 Å². The molecule has 186 valence electrons. The maximum atomic E-state index is 11.5. The Labute approximate surface area is 193 Å². The van der Waals surface area contributed by atoms with Crippen molar-refractivity contribution in [3.63, 3.8) is 0 Å². The summed E-state index contributed by atoms with van der Waals surface area (Å²) >= 11 is 0. The van der Waals surface area contributed by atoms with Crippen molar-refractivity contribution in [2.24, 2.45) is 0 Å². The first-order chi connectivity index (χ1) is 16.1. The van der Waals surface area contributed by atoms with Crippen molar-refractivity contribution in [2.75, 3.05) is 32.2 Å². The number of fused-ring (bicyclic) bond motifs is 1. The highest BCUT2D eigenvalue weighted by Crippen LogP contribution is 2.38. The fourth-order valence-corrected chi connectivity index (χ4v) is 4.22. The number of anilines is 1. The van der Waals surface area contributed by atoms with Gasteiger partial charge in [-0.05, 0) is 48.9 Å². The van der Waals surface area contributed by atoms with E-state index in [2.05, 4.69) is 32.3 Å². The first kappa shape index (κ1) is 25.3. The van der Waals surface area contributed by atoms with E-state index in [9.17, 15) is 18.0 Å². The number of aromatic nitrogens is 2. The summed E-state index contributed by atoms with van der Waals surface area (Å²) in [7, 11) is 3.36. The number of carboxylic acids is 1. The Morgan fingerprint density at radius 1 is 1.21 bits per heavy atom. The van der Waals surface area contributed by atoms with Gasteiger partial charge in [0.25, 0.3) is 5.56 Å². The standard InChI is InChI=1S/C20H26N4O3.C2HF3O2/c1-26-17-8-13-4-3-5-16(15(13)9-18(17)27-2)23-14-6-7-24(11-14)19-10-20(25)22-12-21-19;3-2(4,5)1(6)7/h8-10,12,14,16,23H,3-7,11H2,1-2H3,(H,21,22,25);(H,6,7). The highest BCUT2D eigenvalue weighted by molar-refractivity contribution is 5.73. The van der Waals surface area contributed by atoms with Gasteiger partial charge in [-0.2, -0.15) is 13.2 Å². The molecule has 2 aliphatic rings. The lowest BCUT2D eigenvalue weighted by molar-refractivity contribution is -0.192. The van der Waals surface area contributed by atoms with Gasteiger partial charge in [0.05, 0.1) is 20.5 Å². The molecule has 12 heteroatoms. The fourth-order valence-electron chi connectivity index (χ4n) is 4.22. The van der Waals surface area contributed by atoms with Crippen LogP contribution in [-0.4, -0.2) is 60.6 Å². The summed E-state index contributed by atoms with van der Waals surface area (Å²) in [6, 6.07) is 6.48. The Balaban J connectivity index is 0.000000406. The third kappa shape index (κ3) is 6.19. The first-order valence-corrected chi connectivity index (χ1v) is 10.7. The Hall–Kier alpha value is -3.28. The minimum Gasteiger partial charge on any atom is -0.493 e. The lowest BCUT2D eigenvalue weighted by atomic mass is 9.86. The number of aryl methyl sites for hydroxylation is 1. The zero-order valence-corrected chi connectivity index (χ0v) is 18.8. The number of methoxy groups -OCH3 is 2. The number of nitrogens with zero attached hydrogens (tertiary/aromatic N) is 2. The molecule has 1 aliphatic carbocycles. The molecule has 0 amide bonds. The number of alkyl halides is 3. The SMILES string of the molecule is COc1cc2c(cc1OC)C(NC1CCN(c3cc(=O)[nH]cn3)C1)CCC2.O=C(O)C(F)(F)F. The molecule has 1 fully saturated rings. The van der Waals surface area contributed by atoms with E-state index in [4.69, 9.17) is 19.4 Å². The number of halogens is 3. The summed E-state index contributed by atoms with van der Waals surface area (Å²) in [4.78, 5) is 29.5. The molecule has 2 heterocycles. The van der Waals surface area contributed by atoms with Crippen LogP contribution in [0.5, 0.6) is 11.5 Å². The van der Waals surface area contributed by atoms with Crippen molar-refractivity contribution in [1.82, 2.24) is 15.3 Å². The largest absolute Gasteiger partial charge is 0.493 e. The van der Waals surface area contributed by atoms with Crippen molar-refractivity contribution < 1.29 is 32.5 Å². The smallest absolute Gasteiger partial charge is 0.490 e. The zero-order valence-electron chi connectivity index (χ0n) is 18.8. The number of nitrogens with one attached hydrogen (secondary N) is 2. The highest BCUT2D eigenvalue weighted by atomic mass is 19.4. The van der Waals surface area contributed by atoms with E-state index in [1.807, 2.05) is 0 Å². The Kier molecular flexibility index (Phi) is 8.02. The number of rotatable bonds is 5. The lowest BCUT2D eigenvalue weighted by Gasteiger charge is -2.30. The van der Waals surface area contributed by atoms with E-state index < -0.39 is 12.1 Å². The quantitative estimate of drug-likeness (QED) is 0.593. The van der Waals surface area contributed by atoms with Gasteiger partial charge in [-0.15, -0.1) is 0 Å². The van der Waals surface area contributed by atoms with Crippen molar-refractivity contribution in [3.05, 3.63) is 46.0 Å². The molecular weight excluding hydrogens is 457 g/mol. The minimum atomic E-state index is -5.08. The van der Waals surface area contributed by atoms with Gasteiger partial charge in [0.1, 0.15) is 5.82 Å². The molecule has 0 saturated carbocycles. The van der Waals surface area contributed by atoms with Gasteiger partial charge in [-0.1, -0.05) is 0 Å². The van der Waals surface area contributed by atoms with Crippen LogP contribution in [-0.2, 0) is 11.2 Å². The molecule has 1 aromatic heterocycles. The molecule has 2 unspecified atom stereocenters. The van der Waals surface area contributed by atoms with Crippen molar-refractivity contribution in [1.29, 1.82) is 0 Å². The monoisotopic (exact) mass is 484 g/mol. The summed E-state index contributed by atoms with van der Waals surface area (Å²) in [5.41, 5.74) is 2.54. The van der Waals surface area contributed by atoms with Gasteiger partial charge in [0.2, 0.25) is 0 Å². The van der Waals surface area contributed by atoms with Crippen LogP contribution in [0.4, 0.5) is 19.0 Å². The third-order valence-corrected chi connectivity index (χ3v) is 5.82. The Morgan fingerprint density at radius 2 is 1.88 bits per heavy atom. The molecular formula is C22H27F3N4O5. The maximum Gasteiger partial charge on any atom is 0.490 e. The second-order valence-corrected chi connectivity index (χ2v) is 8.02. The van der Waals surface area contributed by atoms with E-state index in [1.165, 1.54) is 17.5 Å². The van der Waals surface area contributed by atoms with Gasteiger partial charge in [0.15, 0.2) is 11.5 Å². The van der Waals surface area contributed by atoms with Crippen LogP contribution in [0.2, 0.25) is 0 Å². The van der Waals surface area contributed by atoms with Crippen LogP contribution in [0.15, 0.2) is 29.3 Å². The highest BCUT2D eigenvalue weighted by Gasteiger charge is 2.38. The zero-order chi connectivity index (χ0) is 24.9. The first-order valence-electron chi connectivity index (χ1n) is 10.7. The molecule has 0 radical (unpaired) electrons. The number of hydrogen-bond donors (Lipinski definition) is 3. The number of H-pyrrole nitrogens is 1.